The van der Waals surface area contributed by atoms with E-state index in [9.17, 15) is 18.4 Å². The van der Waals surface area contributed by atoms with E-state index in [2.05, 4.69) is 4.98 Å². The van der Waals surface area contributed by atoms with E-state index in [1.54, 1.807) is 54.3 Å². The zero-order valence-corrected chi connectivity index (χ0v) is 16.7. The van der Waals surface area contributed by atoms with Gasteiger partial charge < -0.3 is 4.90 Å². The van der Waals surface area contributed by atoms with Crippen LogP contribution in [0.4, 0.5) is 14.5 Å². The lowest BCUT2D eigenvalue weighted by molar-refractivity contribution is -0.116. The average Bonchev–Trinajstić information content (AvgIpc) is 3.27. The van der Waals surface area contributed by atoms with Crippen LogP contribution in [0.1, 0.15) is 36.3 Å². The van der Waals surface area contributed by atoms with Crippen molar-refractivity contribution < 1.29 is 18.4 Å². The summed E-state index contributed by atoms with van der Waals surface area (Å²) in [5, 5.41) is -0.473. The van der Waals surface area contributed by atoms with E-state index >= 15 is 0 Å². The first-order chi connectivity index (χ1) is 13.9. The fourth-order valence-corrected chi connectivity index (χ4v) is 4.62. The molecule has 0 saturated carbocycles. The lowest BCUT2D eigenvalue weighted by Crippen LogP contribution is -2.25. The van der Waals surface area contributed by atoms with Gasteiger partial charge in [-0.25, -0.2) is 4.98 Å². The monoisotopic (exact) mass is 415 g/mol. The Bertz CT molecular complexity index is 1110. The summed E-state index contributed by atoms with van der Waals surface area (Å²) in [5.41, 5.74) is 3.09. The maximum atomic E-state index is 13.6. The smallest absolute Gasteiger partial charge is 0.312 e. The molecule has 0 N–H and O–H groups in total. The summed E-state index contributed by atoms with van der Waals surface area (Å²) in [5.74, 6) is -0.190. The van der Waals surface area contributed by atoms with Crippen molar-refractivity contribution in [3.8, 4) is 0 Å². The van der Waals surface area contributed by atoms with Crippen molar-refractivity contribution in [3.05, 3.63) is 53.6 Å². The van der Waals surface area contributed by atoms with Crippen LogP contribution in [0.25, 0.3) is 11.0 Å². The molecule has 8 heteroatoms. The number of carbonyl (C=O) groups excluding carboxylic acids is 2. The standard InChI is InChI=1S/C21H19F2N3O2S/c1-12(29-21-24-16-5-3-4-6-18(16)26(21)20(22)23)19(28)15-7-8-17-14(11-15)9-10-25(17)13(2)27/h3-8,11-12,20H,9-10H2,1-2H3/t12-/m1/s1. The van der Waals surface area contributed by atoms with Crippen LogP contribution >= 0.6 is 11.8 Å². The van der Waals surface area contributed by atoms with E-state index in [1.807, 2.05) is 0 Å². The van der Waals surface area contributed by atoms with Crippen molar-refractivity contribution in [1.82, 2.24) is 9.55 Å². The average molecular weight is 415 g/mol. The van der Waals surface area contributed by atoms with Gasteiger partial charge in [-0.15, -0.1) is 0 Å². The van der Waals surface area contributed by atoms with Crippen LogP contribution in [0.5, 0.6) is 0 Å². The molecule has 2 heterocycles. The molecule has 0 unspecified atom stereocenters. The highest BCUT2D eigenvalue weighted by Gasteiger charge is 2.26. The molecule has 0 fully saturated rings. The Morgan fingerprint density at radius 1 is 1.17 bits per heavy atom. The number of ketones is 1. The normalized spacial score (nSPS) is 14.4. The molecule has 1 amide bonds. The summed E-state index contributed by atoms with van der Waals surface area (Å²) in [6.07, 6.45) is 0.693. The van der Waals surface area contributed by atoms with Gasteiger partial charge in [0.05, 0.1) is 16.3 Å². The Labute approximate surface area is 170 Å². The van der Waals surface area contributed by atoms with Gasteiger partial charge in [-0.05, 0) is 49.2 Å². The first kappa shape index (κ1) is 19.6. The lowest BCUT2D eigenvalue weighted by Gasteiger charge is -2.15. The minimum atomic E-state index is -2.75. The third kappa shape index (κ3) is 3.53. The predicted molar refractivity (Wildman–Crippen MR) is 109 cm³/mol. The quantitative estimate of drug-likeness (QED) is 0.448. The molecule has 1 atom stereocenters. The molecule has 1 aliphatic rings. The molecule has 3 aromatic rings. The first-order valence-electron chi connectivity index (χ1n) is 9.24. The maximum Gasteiger partial charge on any atom is 0.321 e. The van der Waals surface area contributed by atoms with E-state index in [0.717, 1.165) is 27.6 Å². The highest BCUT2D eigenvalue weighted by molar-refractivity contribution is 8.00. The molecule has 150 valence electrons. The molecule has 2 aromatic carbocycles. The number of thioether (sulfide) groups is 1. The Morgan fingerprint density at radius 2 is 1.93 bits per heavy atom. The Balaban J connectivity index is 1.59. The fourth-order valence-electron chi connectivity index (χ4n) is 3.62. The number of halogens is 2. The molecule has 0 radical (unpaired) electrons. The maximum absolute atomic E-state index is 13.6. The molecular formula is C21H19F2N3O2S. The second kappa shape index (κ2) is 7.59. The van der Waals surface area contributed by atoms with E-state index in [-0.39, 0.29) is 16.8 Å². The van der Waals surface area contributed by atoms with Gasteiger partial charge in [-0.3, -0.25) is 14.2 Å². The van der Waals surface area contributed by atoms with Crippen LogP contribution in [0.3, 0.4) is 0 Å². The number of imidazole rings is 1. The number of anilines is 1. The second-order valence-corrected chi connectivity index (χ2v) is 8.23. The number of hydrogen-bond donors (Lipinski definition) is 0. The highest BCUT2D eigenvalue weighted by atomic mass is 32.2. The summed E-state index contributed by atoms with van der Waals surface area (Å²) < 4.78 is 28.1. The third-order valence-electron chi connectivity index (χ3n) is 5.05. The number of aromatic nitrogens is 2. The number of alkyl halides is 2. The van der Waals surface area contributed by atoms with E-state index in [1.165, 1.54) is 6.92 Å². The number of rotatable bonds is 5. The van der Waals surface area contributed by atoms with Crippen LogP contribution < -0.4 is 4.90 Å². The zero-order valence-electron chi connectivity index (χ0n) is 15.9. The lowest BCUT2D eigenvalue weighted by atomic mass is 10.0. The van der Waals surface area contributed by atoms with Gasteiger partial charge in [0, 0.05) is 24.7 Å². The second-order valence-electron chi connectivity index (χ2n) is 6.92. The van der Waals surface area contributed by atoms with Gasteiger partial charge in [0.2, 0.25) is 5.91 Å². The van der Waals surface area contributed by atoms with Crippen molar-refractivity contribution in [1.29, 1.82) is 0 Å². The molecule has 0 bridgehead atoms. The minimum absolute atomic E-state index is 0.0300. The molecule has 1 aromatic heterocycles. The minimum Gasteiger partial charge on any atom is -0.312 e. The van der Waals surface area contributed by atoms with Gasteiger partial charge >= 0.3 is 6.55 Å². The van der Waals surface area contributed by atoms with E-state index in [0.29, 0.717) is 29.6 Å². The van der Waals surface area contributed by atoms with E-state index < -0.39 is 11.8 Å². The van der Waals surface area contributed by atoms with Crippen molar-refractivity contribution in [3.63, 3.8) is 0 Å². The van der Waals surface area contributed by atoms with Crippen molar-refractivity contribution in [2.75, 3.05) is 11.4 Å². The number of amides is 1. The summed E-state index contributed by atoms with van der Waals surface area (Å²) >= 11 is 1.02. The molecule has 5 nitrogen and oxygen atoms in total. The summed E-state index contributed by atoms with van der Waals surface area (Å²) in [4.78, 5) is 30.6. The molecule has 0 aliphatic carbocycles. The number of hydrogen-bond acceptors (Lipinski definition) is 4. The van der Waals surface area contributed by atoms with E-state index in [4.69, 9.17) is 0 Å². The van der Waals surface area contributed by atoms with Gasteiger partial charge in [0.15, 0.2) is 10.9 Å². The fraction of sp³-hybridized carbons (Fsp3) is 0.286. The molecule has 0 spiro atoms. The Kier molecular flexibility index (Phi) is 5.12. The number of fused-ring (bicyclic) bond motifs is 2. The summed E-state index contributed by atoms with van der Waals surface area (Å²) in [7, 11) is 0. The molecule has 0 saturated heterocycles. The largest absolute Gasteiger partial charge is 0.321 e. The SMILES string of the molecule is CC(=O)N1CCc2cc(C(=O)[C@@H](C)Sc3nc4ccccc4n3C(F)F)ccc21. The van der Waals surface area contributed by atoms with Crippen molar-refractivity contribution >= 4 is 40.2 Å². The van der Waals surface area contributed by atoms with Crippen LogP contribution in [0.2, 0.25) is 0 Å². The topological polar surface area (TPSA) is 55.2 Å². The summed E-state index contributed by atoms with van der Waals surface area (Å²) in [6.45, 7) is 1.06. The number of benzene rings is 2. The van der Waals surface area contributed by atoms with Gasteiger partial charge in [0.1, 0.15) is 0 Å². The Hall–Kier alpha value is -2.74. The number of Topliss-reactive ketones (excluding diaryl/α,β-unsaturated/α-hetero) is 1. The summed E-state index contributed by atoms with van der Waals surface area (Å²) in [6, 6.07) is 12.0. The first-order valence-corrected chi connectivity index (χ1v) is 10.1. The number of nitrogens with zero attached hydrogens (tertiary/aromatic N) is 3. The highest BCUT2D eigenvalue weighted by Crippen LogP contribution is 2.34. The van der Waals surface area contributed by atoms with Crippen molar-refractivity contribution in [2.24, 2.45) is 0 Å². The third-order valence-corrected chi connectivity index (χ3v) is 6.12. The molecular weight excluding hydrogens is 396 g/mol. The van der Waals surface area contributed by atoms with Gasteiger partial charge in [-0.1, -0.05) is 23.9 Å². The zero-order chi connectivity index (χ0) is 20.7. The molecule has 4 rings (SSSR count). The molecule has 1 aliphatic heterocycles. The van der Waals surface area contributed by atoms with Crippen LogP contribution in [0, 0.1) is 0 Å². The number of para-hydroxylation sites is 2. The van der Waals surface area contributed by atoms with Crippen LogP contribution in [0.15, 0.2) is 47.6 Å². The molecule has 29 heavy (non-hydrogen) atoms. The predicted octanol–water partition coefficient (Wildman–Crippen LogP) is 4.70. The van der Waals surface area contributed by atoms with Gasteiger partial charge in [-0.2, -0.15) is 8.78 Å². The number of carbonyl (C=O) groups is 2. The van der Waals surface area contributed by atoms with Crippen LogP contribution in [-0.4, -0.2) is 33.0 Å². The van der Waals surface area contributed by atoms with Gasteiger partial charge in [0.25, 0.3) is 0 Å². The van der Waals surface area contributed by atoms with Crippen molar-refractivity contribution in [2.45, 2.75) is 37.2 Å². The Morgan fingerprint density at radius 3 is 2.66 bits per heavy atom. The van der Waals surface area contributed by atoms with Crippen LogP contribution in [-0.2, 0) is 11.2 Å².